The molecule has 0 fully saturated rings. The highest BCUT2D eigenvalue weighted by Crippen LogP contribution is 2.29. The highest BCUT2D eigenvalue weighted by atomic mass is 32.2. The van der Waals surface area contributed by atoms with Crippen molar-refractivity contribution in [2.75, 3.05) is 10.8 Å². The number of hydrogen-bond acceptors (Lipinski definition) is 4. The number of rotatable bonds is 11. The molecule has 208 valence electrons. The first-order chi connectivity index (χ1) is 18.4. The van der Waals surface area contributed by atoms with Gasteiger partial charge in [-0.3, -0.25) is 13.9 Å². The maximum atomic E-state index is 14.1. The van der Waals surface area contributed by atoms with Crippen molar-refractivity contribution in [2.45, 2.75) is 71.5 Å². The van der Waals surface area contributed by atoms with E-state index in [4.69, 9.17) is 0 Å². The van der Waals surface area contributed by atoms with Crippen molar-refractivity contribution >= 4 is 27.5 Å². The Morgan fingerprint density at radius 2 is 1.51 bits per heavy atom. The lowest BCUT2D eigenvalue weighted by molar-refractivity contribution is -0.140. The van der Waals surface area contributed by atoms with Crippen molar-refractivity contribution in [1.29, 1.82) is 0 Å². The molecule has 0 radical (unpaired) electrons. The van der Waals surface area contributed by atoms with E-state index in [-0.39, 0.29) is 23.4 Å². The third-order valence-electron chi connectivity index (χ3n) is 6.75. The van der Waals surface area contributed by atoms with Crippen LogP contribution in [0.2, 0.25) is 0 Å². The molecule has 3 aromatic rings. The van der Waals surface area contributed by atoms with E-state index in [9.17, 15) is 18.0 Å². The largest absolute Gasteiger partial charge is 0.352 e. The third kappa shape index (κ3) is 7.26. The van der Waals surface area contributed by atoms with Gasteiger partial charge in [-0.1, -0.05) is 67.1 Å². The normalized spacial score (nSPS) is 12.2. The third-order valence-corrected chi connectivity index (χ3v) is 8.52. The van der Waals surface area contributed by atoms with E-state index in [0.717, 1.165) is 22.3 Å². The van der Waals surface area contributed by atoms with Crippen molar-refractivity contribution < 1.29 is 18.0 Å². The molecule has 1 N–H and O–H groups in total. The molecule has 39 heavy (non-hydrogen) atoms. The van der Waals surface area contributed by atoms with Gasteiger partial charge in [-0.05, 0) is 75.9 Å². The van der Waals surface area contributed by atoms with Gasteiger partial charge in [0.15, 0.2) is 0 Å². The fraction of sp³-hybridized carbons (Fsp3) is 0.355. The molecule has 8 heteroatoms. The number of nitrogens with zero attached hydrogens (tertiary/aromatic N) is 2. The number of amides is 2. The molecule has 0 heterocycles. The molecular weight excluding hydrogens is 510 g/mol. The van der Waals surface area contributed by atoms with Crippen LogP contribution in [0, 0.1) is 20.8 Å². The molecule has 3 aromatic carbocycles. The average Bonchev–Trinajstić information content (AvgIpc) is 2.90. The molecule has 0 spiro atoms. The minimum Gasteiger partial charge on any atom is -0.352 e. The number of hydrogen-bond donors (Lipinski definition) is 1. The lowest BCUT2D eigenvalue weighted by Gasteiger charge is -2.34. The van der Waals surface area contributed by atoms with E-state index in [1.165, 1.54) is 21.3 Å². The van der Waals surface area contributed by atoms with E-state index in [2.05, 4.69) is 5.32 Å². The van der Waals surface area contributed by atoms with Gasteiger partial charge in [0.1, 0.15) is 12.6 Å². The number of nitrogens with one attached hydrogen (secondary N) is 1. The van der Waals surface area contributed by atoms with Crippen molar-refractivity contribution in [3.05, 3.63) is 95.1 Å². The lowest BCUT2D eigenvalue weighted by atomic mass is 10.1. The zero-order chi connectivity index (χ0) is 28.7. The number of anilines is 1. The maximum Gasteiger partial charge on any atom is 0.264 e. The van der Waals surface area contributed by atoms with E-state index < -0.39 is 28.5 Å². The molecule has 0 unspecified atom stereocenters. The Kier molecular flexibility index (Phi) is 9.92. The van der Waals surface area contributed by atoms with Crippen molar-refractivity contribution in [2.24, 2.45) is 0 Å². The molecule has 0 aliphatic rings. The van der Waals surface area contributed by atoms with Crippen LogP contribution < -0.4 is 9.62 Å². The Morgan fingerprint density at radius 3 is 2.10 bits per heavy atom. The van der Waals surface area contributed by atoms with Crippen LogP contribution in [0.25, 0.3) is 0 Å². The minimum absolute atomic E-state index is 0.0911. The number of benzene rings is 3. The Labute approximate surface area is 232 Å². The Balaban J connectivity index is 2.09. The summed E-state index contributed by atoms with van der Waals surface area (Å²) in [6.07, 6.45) is 0.380. The first-order valence-corrected chi connectivity index (χ1v) is 14.7. The monoisotopic (exact) mass is 549 g/mol. The van der Waals surface area contributed by atoms with Crippen LogP contribution in [0.1, 0.15) is 49.4 Å². The zero-order valence-corrected chi connectivity index (χ0v) is 24.5. The quantitative estimate of drug-likeness (QED) is 0.359. The first-order valence-electron chi connectivity index (χ1n) is 13.2. The van der Waals surface area contributed by atoms with E-state index >= 15 is 0 Å². The van der Waals surface area contributed by atoms with Gasteiger partial charge >= 0.3 is 0 Å². The van der Waals surface area contributed by atoms with Gasteiger partial charge in [-0.2, -0.15) is 0 Å². The summed E-state index contributed by atoms with van der Waals surface area (Å²) >= 11 is 0. The summed E-state index contributed by atoms with van der Waals surface area (Å²) in [7, 11) is -4.09. The number of carbonyl (C=O) groups is 2. The van der Waals surface area contributed by atoms with Crippen LogP contribution in [-0.4, -0.2) is 43.8 Å². The van der Waals surface area contributed by atoms with Crippen molar-refractivity contribution in [1.82, 2.24) is 10.2 Å². The number of carbonyl (C=O) groups excluding carboxylic acids is 2. The number of sulfonamides is 1. The Morgan fingerprint density at radius 1 is 0.872 bits per heavy atom. The molecule has 0 aromatic heterocycles. The van der Waals surface area contributed by atoms with Crippen LogP contribution in [0.15, 0.2) is 77.7 Å². The summed E-state index contributed by atoms with van der Waals surface area (Å²) in [4.78, 5) is 28.9. The van der Waals surface area contributed by atoms with Crippen LogP contribution >= 0.6 is 0 Å². The molecule has 1 atom stereocenters. The first kappa shape index (κ1) is 29.9. The molecule has 0 bridgehead atoms. The number of aryl methyl sites for hydroxylation is 2. The van der Waals surface area contributed by atoms with Crippen molar-refractivity contribution in [3.63, 3.8) is 0 Å². The molecule has 0 aliphatic heterocycles. The SMILES string of the molecule is CC[C@@H](C(=O)NC(C)C)N(Cc1ccc(C)cc1)C(=O)CN(c1cccc(C)c1C)S(=O)(=O)c1ccccc1. The molecule has 3 rings (SSSR count). The fourth-order valence-electron chi connectivity index (χ4n) is 4.43. The van der Waals surface area contributed by atoms with Gasteiger partial charge in [0.25, 0.3) is 10.0 Å². The predicted molar refractivity (Wildman–Crippen MR) is 156 cm³/mol. The standard InChI is InChI=1S/C31H39N3O4S/c1-7-28(31(36)32-22(2)3)33(20-26-18-16-23(4)17-19-26)30(35)21-34(29-15-11-12-24(5)25(29)6)39(37,38)27-13-9-8-10-14-27/h8-19,22,28H,7,20-21H2,1-6H3,(H,32,36)/t28-/m0/s1. The second-order valence-electron chi connectivity index (χ2n) is 10.1. The second-order valence-corrected chi connectivity index (χ2v) is 12.0. The highest BCUT2D eigenvalue weighted by molar-refractivity contribution is 7.92. The van der Waals surface area contributed by atoms with Gasteiger partial charge in [0.2, 0.25) is 11.8 Å². The molecular formula is C31H39N3O4S. The van der Waals surface area contributed by atoms with Gasteiger partial charge < -0.3 is 10.2 Å². The molecule has 0 saturated carbocycles. The summed E-state index contributed by atoms with van der Waals surface area (Å²) in [5.74, 6) is -0.723. The van der Waals surface area contributed by atoms with E-state index in [0.29, 0.717) is 12.1 Å². The fourth-order valence-corrected chi connectivity index (χ4v) is 5.92. The smallest absolute Gasteiger partial charge is 0.264 e. The Bertz CT molecular complexity index is 1390. The van der Waals surface area contributed by atoms with Crippen LogP contribution in [0.5, 0.6) is 0 Å². The minimum atomic E-state index is -4.09. The Hall–Kier alpha value is -3.65. The molecule has 2 amide bonds. The summed E-state index contributed by atoms with van der Waals surface area (Å²) in [5.41, 5.74) is 4.04. The highest BCUT2D eigenvalue weighted by Gasteiger charge is 2.34. The average molecular weight is 550 g/mol. The van der Waals surface area contributed by atoms with E-state index in [1.807, 2.05) is 71.9 Å². The van der Waals surface area contributed by atoms with Gasteiger partial charge in [-0.25, -0.2) is 8.42 Å². The molecule has 7 nitrogen and oxygen atoms in total. The summed E-state index contributed by atoms with van der Waals surface area (Å²) in [6, 6.07) is 20.4. The lowest BCUT2D eigenvalue weighted by Crippen LogP contribution is -2.53. The predicted octanol–water partition coefficient (Wildman–Crippen LogP) is 5.14. The second kappa shape index (κ2) is 12.9. The van der Waals surface area contributed by atoms with Gasteiger partial charge in [0.05, 0.1) is 10.6 Å². The molecule has 0 saturated heterocycles. The maximum absolute atomic E-state index is 14.1. The summed E-state index contributed by atoms with van der Waals surface area (Å²) in [5, 5.41) is 2.92. The zero-order valence-electron chi connectivity index (χ0n) is 23.6. The topological polar surface area (TPSA) is 86.8 Å². The van der Waals surface area contributed by atoms with Crippen LogP contribution in [0.3, 0.4) is 0 Å². The molecule has 0 aliphatic carbocycles. The van der Waals surface area contributed by atoms with E-state index in [1.54, 1.807) is 30.3 Å². The van der Waals surface area contributed by atoms with Crippen molar-refractivity contribution in [3.8, 4) is 0 Å². The summed E-state index contributed by atoms with van der Waals surface area (Å²) < 4.78 is 29.1. The van der Waals surface area contributed by atoms with Gasteiger partial charge in [-0.15, -0.1) is 0 Å². The summed E-state index contributed by atoms with van der Waals surface area (Å²) in [6.45, 7) is 11.0. The van der Waals surface area contributed by atoms with Crippen LogP contribution in [0.4, 0.5) is 5.69 Å². The van der Waals surface area contributed by atoms with Gasteiger partial charge in [0, 0.05) is 12.6 Å². The van der Waals surface area contributed by atoms with Crippen LogP contribution in [-0.2, 0) is 26.2 Å².